The summed E-state index contributed by atoms with van der Waals surface area (Å²) in [7, 11) is 1.91. The molecule has 1 amide bonds. The van der Waals surface area contributed by atoms with Gasteiger partial charge in [0.2, 0.25) is 5.95 Å². The summed E-state index contributed by atoms with van der Waals surface area (Å²) in [6.07, 6.45) is 7.69. The van der Waals surface area contributed by atoms with Crippen LogP contribution in [0.4, 0.5) is 16.0 Å². The van der Waals surface area contributed by atoms with Crippen LogP contribution in [-0.2, 0) is 13.6 Å². The summed E-state index contributed by atoms with van der Waals surface area (Å²) in [5, 5.41) is 6.18. The number of amides is 1. The van der Waals surface area contributed by atoms with Gasteiger partial charge in [-0.1, -0.05) is 13.8 Å². The molecule has 0 aliphatic heterocycles. The zero-order valence-corrected chi connectivity index (χ0v) is 22.1. The van der Waals surface area contributed by atoms with Crippen LogP contribution in [-0.4, -0.2) is 36.5 Å². The minimum Gasteiger partial charge on any atom is -0.457 e. The third-order valence-corrected chi connectivity index (χ3v) is 6.36. The number of nitrogens with one attached hydrogen (secondary N) is 2. The van der Waals surface area contributed by atoms with Crippen LogP contribution < -0.4 is 15.4 Å². The zero-order chi connectivity index (χ0) is 27.4. The maximum atomic E-state index is 14.1. The summed E-state index contributed by atoms with van der Waals surface area (Å²) in [5.74, 6) is 1.29. The van der Waals surface area contributed by atoms with E-state index >= 15 is 0 Å². The molecule has 10 heteroatoms. The molecule has 5 rings (SSSR count). The van der Waals surface area contributed by atoms with E-state index < -0.39 is 0 Å². The van der Waals surface area contributed by atoms with Crippen molar-refractivity contribution in [2.45, 2.75) is 32.7 Å². The fraction of sp³-hybridized carbons (Fsp3) is 0.241. The molecule has 0 spiro atoms. The number of benzene rings is 2. The average molecular weight is 532 g/mol. The van der Waals surface area contributed by atoms with Crippen molar-refractivity contribution in [2.75, 3.05) is 11.9 Å². The number of aromatic nitrogens is 5. The largest absolute Gasteiger partial charge is 0.457 e. The van der Waals surface area contributed by atoms with Crippen molar-refractivity contribution in [1.29, 1.82) is 0 Å². The molecular weight excluding hydrogens is 497 g/mol. The molecule has 2 aromatic carbocycles. The average Bonchev–Trinajstić information content (AvgIpc) is 3.55. The zero-order valence-electron chi connectivity index (χ0n) is 22.1. The van der Waals surface area contributed by atoms with Gasteiger partial charge in [0.25, 0.3) is 5.91 Å². The Balaban J connectivity index is 0.00000231. The fourth-order valence-corrected chi connectivity index (χ4v) is 4.26. The van der Waals surface area contributed by atoms with E-state index in [1.165, 1.54) is 6.07 Å². The molecule has 5 aromatic rings. The van der Waals surface area contributed by atoms with E-state index in [-0.39, 0.29) is 26.2 Å². The molecule has 9 nitrogen and oxygen atoms in total. The van der Waals surface area contributed by atoms with E-state index in [1.54, 1.807) is 36.9 Å². The van der Waals surface area contributed by atoms with Gasteiger partial charge in [0.1, 0.15) is 23.0 Å². The summed E-state index contributed by atoms with van der Waals surface area (Å²) in [4.78, 5) is 25.5. The van der Waals surface area contributed by atoms with E-state index in [9.17, 15) is 9.18 Å². The normalized spacial score (nSPS) is 11.2. The van der Waals surface area contributed by atoms with Crippen molar-refractivity contribution in [3.63, 3.8) is 0 Å². The molecule has 0 atom stereocenters. The number of imidazole rings is 2. The molecular formula is C29H34FN7O2. The fourth-order valence-electron chi connectivity index (χ4n) is 4.26. The van der Waals surface area contributed by atoms with Crippen LogP contribution in [0.1, 0.15) is 45.1 Å². The lowest BCUT2D eigenvalue weighted by Gasteiger charge is -2.11. The Bertz CT molecular complexity index is 1610. The first kappa shape index (κ1) is 25.9. The highest BCUT2D eigenvalue weighted by Crippen LogP contribution is 2.29. The van der Waals surface area contributed by atoms with E-state index in [0.717, 1.165) is 29.7 Å². The van der Waals surface area contributed by atoms with Crippen molar-refractivity contribution in [3.05, 3.63) is 90.5 Å². The second-order valence-corrected chi connectivity index (χ2v) is 9.55. The number of aryl methyl sites for hydroxylation is 2. The minimum atomic E-state index is -0.261. The van der Waals surface area contributed by atoms with Gasteiger partial charge in [0.05, 0.1) is 17.4 Å². The van der Waals surface area contributed by atoms with Crippen LogP contribution in [0.25, 0.3) is 11.0 Å². The summed E-state index contributed by atoms with van der Waals surface area (Å²) < 4.78 is 24.0. The lowest BCUT2D eigenvalue weighted by molar-refractivity contribution is 0.0947. The summed E-state index contributed by atoms with van der Waals surface area (Å²) in [5.41, 5.74) is 3.32. The Hall–Kier alpha value is -4.73. The van der Waals surface area contributed by atoms with E-state index in [0.29, 0.717) is 29.6 Å². The van der Waals surface area contributed by atoms with Gasteiger partial charge in [-0.15, -0.1) is 0 Å². The van der Waals surface area contributed by atoms with Crippen molar-refractivity contribution in [3.8, 4) is 11.5 Å². The van der Waals surface area contributed by atoms with Crippen LogP contribution in [0.15, 0.2) is 73.4 Å². The Morgan fingerprint density at radius 2 is 1.95 bits per heavy atom. The van der Waals surface area contributed by atoms with Crippen LogP contribution in [0.3, 0.4) is 0 Å². The summed E-state index contributed by atoms with van der Waals surface area (Å²) in [6, 6.07) is 13.9. The lowest BCUT2D eigenvalue weighted by atomic mass is 10.0. The number of fused-ring (bicyclic) bond motifs is 1. The van der Waals surface area contributed by atoms with Crippen molar-refractivity contribution in [2.24, 2.45) is 7.05 Å². The maximum absolute atomic E-state index is 14.1. The smallest absolute Gasteiger partial charge is 0.270 e. The Morgan fingerprint density at radius 1 is 1.10 bits per heavy atom. The Morgan fingerprint density at radius 3 is 2.74 bits per heavy atom. The number of anilines is 2. The topological polar surface area (TPSA) is 98.9 Å². The minimum absolute atomic E-state index is 0. The highest BCUT2D eigenvalue weighted by Gasteiger charge is 2.13. The second kappa shape index (κ2) is 11.3. The van der Waals surface area contributed by atoms with Crippen LogP contribution in [0.5, 0.6) is 11.5 Å². The van der Waals surface area contributed by atoms with Gasteiger partial charge in [-0.3, -0.25) is 9.78 Å². The highest BCUT2D eigenvalue weighted by molar-refractivity contribution is 5.92. The first-order chi connectivity index (χ1) is 18.9. The number of pyridine rings is 1. The van der Waals surface area contributed by atoms with Crippen LogP contribution >= 0.6 is 0 Å². The Labute approximate surface area is 228 Å². The van der Waals surface area contributed by atoms with Gasteiger partial charge in [-0.2, -0.15) is 0 Å². The molecule has 0 radical (unpaired) electrons. The van der Waals surface area contributed by atoms with Gasteiger partial charge in [0, 0.05) is 59.4 Å². The number of ether oxygens (including phenoxy) is 1. The first-order valence-corrected chi connectivity index (χ1v) is 12.8. The highest BCUT2D eigenvalue weighted by atomic mass is 19.1. The van der Waals surface area contributed by atoms with Crippen molar-refractivity contribution < 1.29 is 16.8 Å². The molecule has 0 saturated heterocycles. The molecule has 0 fully saturated rings. The first-order valence-electron chi connectivity index (χ1n) is 12.8. The number of rotatable bonds is 10. The van der Waals surface area contributed by atoms with Gasteiger partial charge < -0.3 is 24.5 Å². The molecule has 0 bridgehead atoms. The summed E-state index contributed by atoms with van der Waals surface area (Å²) >= 11 is 0. The van der Waals surface area contributed by atoms with E-state index in [2.05, 4.69) is 20.6 Å². The maximum Gasteiger partial charge on any atom is 0.270 e. The molecule has 39 heavy (non-hydrogen) atoms. The van der Waals surface area contributed by atoms with Crippen molar-refractivity contribution in [1.82, 2.24) is 29.4 Å². The number of hydrogen-bond acceptors (Lipinski definition) is 6. The standard InChI is InChI=1S/C29H30FN7O2.2H2/c1-19(2)23-15-20(5-7-24(23)30)34-29-35-25-16-21(6-8-27(25)36(29)3)39-22-9-11-32-26(17-22)28(38)33-10-4-13-37-14-12-31-18-37;;/h5-9,11-12,14-19H,4,10,13H2,1-3H3,(H,33,38)(H,34,35);2*1H. The molecule has 0 unspecified atom stereocenters. The quantitative estimate of drug-likeness (QED) is 0.206. The predicted molar refractivity (Wildman–Crippen MR) is 152 cm³/mol. The number of halogens is 1. The number of hydrogen-bond donors (Lipinski definition) is 2. The molecule has 0 saturated carbocycles. The number of carbonyl (C=O) groups is 1. The van der Waals surface area contributed by atoms with Gasteiger partial charge in [0.15, 0.2) is 0 Å². The lowest BCUT2D eigenvalue weighted by Crippen LogP contribution is -2.26. The molecule has 3 aromatic heterocycles. The molecule has 0 aliphatic rings. The van der Waals surface area contributed by atoms with Crippen molar-refractivity contribution >= 4 is 28.6 Å². The van der Waals surface area contributed by atoms with E-state index in [4.69, 9.17) is 9.72 Å². The Kier molecular flexibility index (Phi) is 7.53. The monoisotopic (exact) mass is 531 g/mol. The third-order valence-electron chi connectivity index (χ3n) is 6.36. The molecule has 0 aliphatic carbocycles. The van der Waals surface area contributed by atoms with Crippen LogP contribution in [0, 0.1) is 5.82 Å². The molecule has 204 valence electrons. The molecule has 2 N–H and O–H groups in total. The third kappa shape index (κ3) is 6.06. The van der Waals surface area contributed by atoms with Crippen LogP contribution in [0.2, 0.25) is 0 Å². The molecule has 3 heterocycles. The van der Waals surface area contributed by atoms with Gasteiger partial charge in [-0.25, -0.2) is 14.4 Å². The number of carbonyl (C=O) groups excluding carboxylic acids is 1. The number of nitrogens with zero attached hydrogens (tertiary/aromatic N) is 5. The predicted octanol–water partition coefficient (Wildman–Crippen LogP) is 6.28. The van der Waals surface area contributed by atoms with Gasteiger partial charge >= 0.3 is 0 Å². The van der Waals surface area contributed by atoms with E-state index in [1.807, 2.05) is 60.5 Å². The summed E-state index contributed by atoms with van der Waals surface area (Å²) in [6.45, 7) is 5.21. The second-order valence-electron chi connectivity index (χ2n) is 9.55. The van der Waals surface area contributed by atoms with Gasteiger partial charge in [-0.05, 0) is 54.3 Å². The SMILES string of the molecule is CC(C)c1cc(Nc2nc3cc(Oc4ccnc(C(=O)NCCCn5ccnc5)c4)ccc3n2C)ccc1F.[HH].[HH].